The van der Waals surface area contributed by atoms with Crippen molar-refractivity contribution in [2.45, 2.75) is 0 Å². The van der Waals surface area contributed by atoms with Crippen molar-refractivity contribution in [3.05, 3.63) is 24.4 Å². The van der Waals surface area contributed by atoms with Gasteiger partial charge >= 0.3 is 0 Å². The van der Waals surface area contributed by atoms with E-state index in [1.807, 2.05) is 18.2 Å². The quantitative estimate of drug-likeness (QED) is 0.692. The molecule has 5 nitrogen and oxygen atoms in total. The van der Waals surface area contributed by atoms with E-state index in [9.17, 15) is 4.79 Å². The van der Waals surface area contributed by atoms with Crippen LogP contribution in [0.5, 0.6) is 0 Å². The zero-order valence-electron chi connectivity index (χ0n) is 8.66. The van der Waals surface area contributed by atoms with Crippen LogP contribution in [0.4, 0.5) is 5.69 Å². The van der Waals surface area contributed by atoms with E-state index in [1.165, 1.54) is 0 Å². The van der Waals surface area contributed by atoms with Gasteiger partial charge in [-0.3, -0.25) is 9.89 Å². The van der Waals surface area contributed by atoms with E-state index in [2.05, 4.69) is 20.8 Å². The number of anilines is 1. The van der Waals surface area contributed by atoms with Gasteiger partial charge in [-0.05, 0) is 18.2 Å². The van der Waals surface area contributed by atoms with Gasteiger partial charge in [0.15, 0.2) is 0 Å². The zero-order valence-corrected chi connectivity index (χ0v) is 8.66. The van der Waals surface area contributed by atoms with Crippen LogP contribution in [0.2, 0.25) is 0 Å². The maximum atomic E-state index is 11.7. The molecule has 0 unspecified atom stereocenters. The highest BCUT2D eigenvalue weighted by atomic mass is 16.2. The van der Waals surface area contributed by atoms with Gasteiger partial charge in [0, 0.05) is 24.2 Å². The topological polar surface area (TPSA) is 69.8 Å². The lowest BCUT2D eigenvalue weighted by atomic mass is 10.0. The van der Waals surface area contributed by atoms with Crippen molar-refractivity contribution in [2.24, 2.45) is 5.92 Å². The third-order valence-corrected chi connectivity index (χ3v) is 2.86. The first-order chi connectivity index (χ1) is 7.83. The second-order valence-corrected chi connectivity index (χ2v) is 4.02. The van der Waals surface area contributed by atoms with Gasteiger partial charge in [0.25, 0.3) is 0 Å². The van der Waals surface area contributed by atoms with E-state index in [4.69, 9.17) is 0 Å². The predicted octanol–water partition coefficient (Wildman–Crippen LogP) is 0.721. The highest BCUT2D eigenvalue weighted by Gasteiger charge is 2.24. The molecule has 1 saturated heterocycles. The largest absolute Gasteiger partial charge is 0.326 e. The Bertz CT molecular complexity index is 530. The van der Waals surface area contributed by atoms with Crippen molar-refractivity contribution in [3.63, 3.8) is 0 Å². The number of carbonyl (C=O) groups excluding carboxylic acids is 1. The highest BCUT2D eigenvalue weighted by Crippen LogP contribution is 2.17. The van der Waals surface area contributed by atoms with E-state index in [0.29, 0.717) is 0 Å². The number of rotatable bonds is 2. The Kier molecular flexibility index (Phi) is 2.11. The van der Waals surface area contributed by atoms with Crippen LogP contribution in [0.1, 0.15) is 0 Å². The number of nitrogens with one attached hydrogen (secondary N) is 3. The maximum Gasteiger partial charge on any atom is 0.230 e. The summed E-state index contributed by atoms with van der Waals surface area (Å²) in [5, 5.41) is 13.8. The fourth-order valence-corrected chi connectivity index (χ4v) is 1.74. The molecular formula is C11H12N4O. The van der Waals surface area contributed by atoms with Gasteiger partial charge < -0.3 is 10.6 Å². The summed E-state index contributed by atoms with van der Waals surface area (Å²) in [5.74, 6) is 0.196. The van der Waals surface area contributed by atoms with Crippen LogP contribution < -0.4 is 10.6 Å². The minimum atomic E-state index is 0.0848. The molecule has 0 bridgehead atoms. The number of benzene rings is 1. The van der Waals surface area contributed by atoms with E-state index in [0.717, 1.165) is 29.7 Å². The molecule has 1 aromatic heterocycles. The standard InChI is InChI=1S/C11H12N4O/c16-11(8-4-12-5-8)14-9-1-2-10-7(3-9)6-13-15-10/h1-3,6,8,12H,4-5H2,(H,13,15)(H,14,16). The Hall–Kier alpha value is -1.88. The molecule has 1 aliphatic rings. The molecule has 1 fully saturated rings. The Morgan fingerprint density at radius 3 is 3.06 bits per heavy atom. The van der Waals surface area contributed by atoms with Crippen LogP contribution in [0, 0.1) is 5.92 Å². The average molecular weight is 216 g/mol. The van der Waals surface area contributed by atoms with Crippen LogP contribution in [0.15, 0.2) is 24.4 Å². The molecule has 82 valence electrons. The average Bonchev–Trinajstić information content (AvgIpc) is 2.61. The van der Waals surface area contributed by atoms with Crippen molar-refractivity contribution in [2.75, 3.05) is 18.4 Å². The molecule has 5 heteroatoms. The van der Waals surface area contributed by atoms with Gasteiger partial charge in [-0.25, -0.2) is 0 Å². The zero-order chi connectivity index (χ0) is 11.0. The van der Waals surface area contributed by atoms with Crippen molar-refractivity contribution in [1.29, 1.82) is 0 Å². The summed E-state index contributed by atoms with van der Waals surface area (Å²) in [6, 6.07) is 5.71. The molecular weight excluding hydrogens is 204 g/mol. The molecule has 0 saturated carbocycles. The van der Waals surface area contributed by atoms with Crippen LogP contribution in [-0.4, -0.2) is 29.2 Å². The van der Waals surface area contributed by atoms with Crippen LogP contribution in [-0.2, 0) is 4.79 Å². The van der Waals surface area contributed by atoms with E-state index in [1.54, 1.807) is 6.20 Å². The van der Waals surface area contributed by atoms with Crippen LogP contribution >= 0.6 is 0 Å². The van der Waals surface area contributed by atoms with Crippen LogP contribution in [0.3, 0.4) is 0 Å². The van der Waals surface area contributed by atoms with Gasteiger partial charge in [-0.15, -0.1) is 0 Å². The Labute approximate surface area is 92.2 Å². The minimum absolute atomic E-state index is 0.0848. The lowest BCUT2D eigenvalue weighted by Gasteiger charge is -2.25. The van der Waals surface area contributed by atoms with Crippen molar-refractivity contribution in [1.82, 2.24) is 15.5 Å². The van der Waals surface area contributed by atoms with Crippen molar-refractivity contribution < 1.29 is 4.79 Å². The molecule has 3 N–H and O–H groups in total. The molecule has 0 aliphatic carbocycles. The number of carbonyl (C=O) groups is 1. The molecule has 0 atom stereocenters. The lowest BCUT2D eigenvalue weighted by molar-refractivity contribution is -0.121. The van der Waals surface area contributed by atoms with E-state index >= 15 is 0 Å². The van der Waals surface area contributed by atoms with E-state index in [-0.39, 0.29) is 11.8 Å². The van der Waals surface area contributed by atoms with Gasteiger partial charge in [0.2, 0.25) is 5.91 Å². The SMILES string of the molecule is O=C(Nc1ccc2[nH]ncc2c1)C1CNC1. The number of aromatic nitrogens is 2. The minimum Gasteiger partial charge on any atom is -0.326 e. The number of aromatic amines is 1. The second-order valence-electron chi connectivity index (χ2n) is 4.02. The van der Waals surface area contributed by atoms with Crippen LogP contribution in [0.25, 0.3) is 10.9 Å². The number of hydrogen-bond acceptors (Lipinski definition) is 3. The number of nitrogens with zero attached hydrogens (tertiary/aromatic N) is 1. The molecule has 2 aromatic rings. The summed E-state index contributed by atoms with van der Waals surface area (Å²) in [5.41, 5.74) is 1.80. The normalized spacial score (nSPS) is 16.0. The Morgan fingerprint density at radius 1 is 1.44 bits per heavy atom. The van der Waals surface area contributed by atoms with Crippen molar-refractivity contribution in [3.8, 4) is 0 Å². The summed E-state index contributed by atoms with van der Waals surface area (Å²) in [6.45, 7) is 1.56. The van der Waals surface area contributed by atoms with E-state index < -0.39 is 0 Å². The monoisotopic (exact) mass is 216 g/mol. The first-order valence-electron chi connectivity index (χ1n) is 5.27. The number of hydrogen-bond donors (Lipinski definition) is 3. The molecule has 1 aliphatic heterocycles. The Balaban J connectivity index is 1.80. The highest BCUT2D eigenvalue weighted by molar-refractivity contribution is 5.95. The lowest BCUT2D eigenvalue weighted by Crippen LogP contribution is -2.48. The first kappa shape index (κ1) is 9.35. The van der Waals surface area contributed by atoms with Gasteiger partial charge in [-0.1, -0.05) is 0 Å². The summed E-state index contributed by atoms with van der Waals surface area (Å²) >= 11 is 0. The summed E-state index contributed by atoms with van der Waals surface area (Å²) in [7, 11) is 0. The number of H-pyrrole nitrogens is 1. The third-order valence-electron chi connectivity index (χ3n) is 2.86. The fourth-order valence-electron chi connectivity index (χ4n) is 1.74. The van der Waals surface area contributed by atoms with Crippen molar-refractivity contribution >= 4 is 22.5 Å². The van der Waals surface area contributed by atoms with Gasteiger partial charge in [0.05, 0.1) is 17.6 Å². The molecule has 2 heterocycles. The summed E-state index contributed by atoms with van der Waals surface area (Å²) in [4.78, 5) is 11.7. The first-order valence-corrected chi connectivity index (χ1v) is 5.27. The van der Waals surface area contributed by atoms with Gasteiger partial charge in [0.1, 0.15) is 0 Å². The maximum absolute atomic E-state index is 11.7. The number of fused-ring (bicyclic) bond motifs is 1. The molecule has 0 radical (unpaired) electrons. The summed E-state index contributed by atoms with van der Waals surface area (Å²) in [6.07, 6.45) is 1.75. The Morgan fingerprint density at radius 2 is 2.31 bits per heavy atom. The second kappa shape index (κ2) is 3.61. The fraction of sp³-hybridized carbons (Fsp3) is 0.273. The summed E-state index contributed by atoms with van der Waals surface area (Å²) < 4.78 is 0. The third kappa shape index (κ3) is 1.55. The molecule has 16 heavy (non-hydrogen) atoms. The molecule has 0 spiro atoms. The number of amides is 1. The van der Waals surface area contributed by atoms with Gasteiger partial charge in [-0.2, -0.15) is 5.10 Å². The molecule has 1 amide bonds. The smallest absolute Gasteiger partial charge is 0.230 e. The molecule has 3 rings (SSSR count). The predicted molar refractivity (Wildman–Crippen MR) is 61.1 cm³/mol. The molecule has 1 aromatic carbocycles.